The lowest BCUT2D eigenvalue weighted by Gasteiger charge is -2.21. The quantitative estimate of drug-likeness (QED) is 0.723. The van der Waals surface area contributed by atoms with Gasteiger partial charge in [0.15, 0.2) is 6.10 Å². The maximum atomic E-state index is 12.5. The van der Waals surface area contributed by atoms with Crippen molar-refractivity contribution >= 4 is 5.91 Å². The summed E-state index contributed by atoms with van der Waals surface area (Å²) in [5.74, 6) is 1.44. The number of benzene rings is 2. The molecule has 4 heteroatoms. The highest BCUT2D eigenvalue weighted by molar-refractivity contribution is 5.81. The lowest BCUT2D eigenvalue weighted by Crippen LogP contribution is -2.37. The van der Waals surface area contributed by atoms with Gasteiger partial charge >= 0.3 is 0 Å². The third-order valence-electron chi connectivity index (χ3n) is 4.36. The van der Waals surface area contributed by atoms with Gasteiger partial charge in [-0.15, -0.1) is 0 Å². The van der Waals surface area contributed by atoms with E-state index in [1.807, 2.05) is 50.2 Å². The number of carbonyl (C=O) groups excluding carboxylic acids is 1. The van der Waals surface area contributed by atoms with Crippen LogP contribution in [-0.2, 0) is 16.8 Å². The van der Waals surface area contributed by atoms with Crippen LogP contribution in [0, 0.1) is 0 Å². The fourth-order valence-corrected chi connectivity index (χ4v) is 2.69. The first-order chi connectivity index (χ1) is 12.8. The molecule has 27 heavy (non-hydrogen) atoms. The largest absolute Gasteiger partial charge is 0.494 e. The van der Waals surface area contributed by atoms with Crippen LogP contribution >= 0.6 is 0 Å². The van der Waals surface area contributed by atoms with E-state index in [0.29, 0.717) is 25.3 Å². The molecule has 2 aromatic carbocycles. The third kappa shape index (κ3) is 6.31. The summed E-state index contributed by atoms with van der Waals surface area (Å²) in [6.45, 7) is 11.5. The van der Waals surface area contributed by atoms with Crippen LogP contribution in [-0.4, -0.2) is 18.6 Å². The summed E-state index contributed by atoms with van der Waals surface area (Å²) in [6, 6.07) is 15.7. The average molecular weight is 370 g/mol. The highest BCUT2D eigenvalue weighted by Crippen LogP contribution is 2.25. The van der Waals surface area contributed by atoms with Gasteiger partial charge in [0.2, 0.25) is 0 Å². The van der Waals surface area contributed by atoms with Crippen LogP contribution in [0.4, 0.5) is 0 Å². The standard InChI is InChI=1S/C23H31NO3/c1-6-21(27-20-14-10-18(11-15-20)23(3,4)5)22(25)24-16-17-8-12-19(13-9-17)26-7-2/h8-15,21H,6-7,16H2,1-5H3,(H,24,25). The second-order valence-electron chi connectivity index (χ2n) is 7.58. The van der Waals surface area contributed by atoms with Crippen molar-refractivity contribution in [1.29, 1.82) is 0 Å². The molecule has 0 bridgehead atoms. The van der Waals surface area contributed by atoms with E-state index in [1.54, 1.807) is 0 Å². The Kier molecular flexibility index (Phi) is 7.28. The number of ether oxygens (including phenoxy) is 2. The van der Waals surface area contributed by atoms with Crippen molar-refractivity contribution in [3.05, 3.63) is 59.7 Å². The minimum atomic E-state index is -0.506. The van der Waals surface area contributed by atoms with Crippen molar-refractivity contribution in [3.8, 4) is 11.5 Å². The first-order valence-corrected chi connectivity index (χ1v) is 9.60. The molecule has 4 nitrogen and oxygen atoms in total. The van der Waals surface area contributed by atoms with Crippen LogP contribution in [0.25, 0.3) is 0 Å². The first kappa shape index (κ1) is 20.8. The fraction of sp³-hybridized carbons (Fsp3) is 0.435. The van der Waals surface area contributed by atoms with E-state index in [1.165, 1.54) is 5.56 Å². The normalized spacial score (nSPS) is 12.3. The van der Waals surface area contributed by atoms with E-state index < -0.39 is 6.10 Å². The van der Waals surface area contributed by atoms with Gasteiger partial charge in [-0.05, 0) is 54.2 Å². The zero-order valence-electron chi connectivity index (χ0n) is 17.0. The molecular formula is C23H31NO3. The minimum absolute atomic E-state index is 0.0950. The van der Waals surface area contributed by atoms with Crippen molar-refractivity contribution < 1.29 is 14.3 Å². The van der Waals surface area contributed by atoms with Crippen LogP contribution in [0.3, 0.4) is 0 Å². The van der Waals surface area contributed by atoms with Crippen molar-refractivity contribution in [2.24, 2.45) is 0 Å². The Bertz CT molecular complexity index is 715. The van der Waals surface area contributed by atoms with Gasteiger partial charge in [0, 0.05) is 6.54 Å². The molecule has 2 aromatic rings. The molecule has 0 aliphatic heterocycles. The van der Waals surface area contributed by atoms with Crippen molar-refractivity contribution in [1.82, 2.24) is 5.32 Å². The maximum Gasteiger partial charge on any atom is 0.261 e. The van der Waals surface area contributed by atoms with E-state index in [2.05, 4.69) is 38.2 Å². The second-order valence-corrected chi connectivity index (χ2v) is 7.58. The molecule has 1 N–H and O–H groups in total. The summed E-state index contributed by atoms with van der Waals surface area (Å²) in [4.78, 5) is 12.5. The molecule has 0 aliphatic carbocycles. The lowest BCUT2D eigenvalue weighted by atomic mass is 9.87. The number of hydrogen-bond acceptors (Lipinski definition) is 3. The number of amides is 1. The molecular weight excluding hydrogens is 338 g/mol. The van der Waals surface area contributed by atoms with Gasteiger partial charge in [0.1, 0.15) is 11.5 Å². The number of rotatable bonds is 8. The van der Waals surface area contributed by atoms with Crippen molar-refractivity contribution in [3.63, 3.8) is 0 Å². The predicted molar refractivity (Wildman–Crippen MR) is 109 cm³/mol. The SMILES string of the molecule is CCOc1ccc(CNC(=O)C(CC)Oc2ccc(C(C)(C)C)cc2)cc1. The van der Waals surface area contributed by atoms with E-state index in [-0.39, 0.29) is 11.3 Å². The van der Waals surface area contributed by atoms with Gasteiger partial charge < -0.3 is 14.8 Å². The fourth-order valence-electron chi connectivity index (χ4n) is 2.69. The van der Waals surface area contributed by atoms with E-state index >= 15 is 0 Å². The Morgan fingerprint density at radius 1 is 0.963 bits per heavy atom. The number of nitrogens with one attached hydrogen (secondary N) is 1. The average Bonchev–Trinajstić information content (AvgIpc) is 2.65. The molecule has 2 rings (SSSR count). The molecule has 0 saturated heterocycles. The first-order valence-electron chi connectivity index (χ1n) is 9.60. The molecule has 0 aliphatic rings. The molecule has 0 aromatic heterocycles. The number of hydrogen-bond donors (Lipinski definition) is 1. The number of carbonyl (C=O) groups is 1. The molecule has 0 radical (unpaired) electrons. The third-order valence-corrected chi connectivity index (χ3v) is 4.36. The molecule has 0 heterocycles. The Balaban J connectivity index is 1.91. The van der Waals surface area contributed by atoms with Gasteiger partial charge in [-0.1, -0.05) is 52.0 Å². The minimum Gasteiger partial charge on any atom is -0.494 e. The van der Waals surface area contributed by atoms with Gasteiger partial charge in [-0.3, -0.25) is 4.79 Å². The predicted octanol–water partition coefficient (Wildman–Crippen LogP) is 4.86. The second kappa shape index (κ2) is 9.45. The molecule has 0 saturated carbocycles. The van der Waals surface area contributed by atoms with Crippen LogP contribution < -0.4 is 14.8 Å². The van der Waals surface area contributed by atoms with Crippen LogP contribution in [0.15, 0.2) is 48.5 Å². The zero-order valence-corrected chi connectivity index (χ0v) is 17.0. The summed E-state index contributed by atoms with van der Waals surface area (Å²) in [5.41, 5.74) is 2.36. The van der Waals surface area contributed by atoms with Crippen molar-refractivity contribution in [2.75, 3.05) is 6.61 Å². The lowest BCUT2D eigenvalue weighted by molar-refractivity contribution is -0.128. The molecule has 0 spiro atoms. The maximum absolute atomic E-state index is 12.5. The summed E-state index contributed by atoms with van der Waals surface area (Å²) in [7, 11) is 0. The Hall–Kier alpha value is -2.49. The van der Waals surface area contributed by atoms with E-state index in [4.69, 9.17) is 9.47 Å². The van der Waals surface area contributed by atoms with Crippen LogP contribution in [0.1, 0.15) is 52.2 Å². The Morgan fingerprint density at radius 2 is 1.56 bits per heavy atom. The van der Waals surface area contributed by atoms with Gasteiger partial charge in [-0.25, -0.2) is 0 Å². The Morgan fingerprint density at radius 3 is 2.07 bits per heavy atom. The van der Waals surface area contributed by atoms with Crippen molar-refractivity contribution in [2.45, 2.75) is 59.1 Å². The zero-order chi connectivity index (χ0) is 19.9. The summed E-state index contributed by atoms with van der Waals surface area (Å²) in [6.07, 6.45) is 0.101. The van der Waals surface area contributed by atoms with Gasteiger partial charge in [0.05, 0.1) is 6.61 Å². The molecule has 1 amide bonds. The smallest absolute Gasteiger partial charge is 0.261 e. The van der Waals surface area contributed by atoms with Gasteiger partial charge in [-0.2, -0.15) is 0 Å². The van der Waals surface area contributed by atoms with E-state index in [0.717, 1.165) is 11.3 Å². The highest BCUT2D eigenvalue weighted by Gasteiger charge is 2.19. The topological polar surface area (TPSA) is 47.6 Å². The molecule has 0 fully saturated rings. The van der Waals surface area contributed by atoms with Gasteiger partial charge in [0.25, 0.3) is 5.91 Å². The van der Waals surface area contributed by atoms with Crippen LogP contribution in [0.2, 0.25) is 0 Å². The highest BCUT2D eigenvalue weighted by atomic mass is 16.5. The van der Waals surface area contributed by atoms with E-state index in [9.17, 15) is 4.79 Å². The summed E-state index contributed by atoms with van der Waals surface area (Å²) < 4.78 is 11.3. The van der Waals surface area contributed by atoms with Crippen LogP contribution in [0.5, 0.6) is 11.5 Å². The molecule has 146 valence electrons. The monoisotopic (exact) mass is 369 g/mol. The molecule has 1 unspecified atom stereocenters. The summed E-state index contributed by atoms with van der Waals surface area (Å²) >= 11 is 0. The Labute approximate surface area is 162 Å². The molecule has 1 atom stereocenters. The summed E-state index contributed by atoms with van der Waals surface area (Å²) in [5, 5.41) is 2.95.